The van der Waals surface area contributed by atoms with Gasteiger partial charge < -0.3 is 20.3 Å². The third-order valence-corrected chi connectivity index (χ3v) is 7.14. The summed E-state index contributed by atoms with van der Waals surface area (Å²) in [5, 5.41) is 22.8. The second kappa shape index (κ2) is 11.4. The Morgan fingerprint density at radius 2 is 1.64 bits per heavy atom. The highest BCUT2D eigenvalue weighted by Crippen LogP contribution is 2.44. The maximum Gasteiger partial charge on any atom is 0.407 e. The van der Waals surface area contributed by atoms with E-state index >= 15 is 0 Å². The Bertz CT molecular complexity index is 1290. The van der Waals surface area contributed by atoms with Crippen LogP contribution >= 0.6 is 0 Å². The molecule has 3 N–H and O–H groups in total. The molecule has 0 aliphatic heterocycles. The van der Waals surface area contributed by atoms with Gasteiger partial charge in [-0.25, -0.2) is 9.59 Å². The number of benzene rings is 2. The monoisotopic (exact) mass is 532 g/mol. The lowest BCUT2D eigenvalue weighted by atomic mass is 9.75. The Kier molecular flexibility index (Phi) is 8.23. The number of allylic oxidation sites excluding steroid dienone is 2. The van der Waals surface area contributed by atoms with Crippen molar-refractivity contribution in [2.24, 2.45) is 16.3 Å². The average molecular weight is 533 g/mol. The summed E-state index contributed by atoms with van der Waals surface area (Å²) in [5.74, 6) is -1.54. The van der Waals surface area contributed by atoms with Gasteiger partial charge in [-0.1, -0.05) is 76.2 Å². The van der Waals surface area contributed by atoms with Gasteiger partial charge in [-0.2, -0.15) is 0 Å². The number of aliphatic hydroxyl groups excluding tert-OH is 1. The lowest BCUT2D eigenvalue weighted by Crippen LogP contribution is -2.43. The zero-order valence-corrected chi connectivity index (χ0v) is 22.9. The second-order valence-electron chi connectivity index (χ2n) is 11.5. The molecule has 0 saturated carbocycles. The molecular weight excluding hydrogens is 496 g/mol. The molecule has 0 heterocycles. The van der Waals surface area contributed by atoms with E-state index in [2.05, 4.69) is 10.3 Å². The van der Waals surface area contributed by atoms with Crippen LogP contribution in [0.4, 0.5) is 4.79 Å². The van der Waals surface area contributed by atoms with Crippen molar-refractivity contribution in [1.82, 2.24) is 5.32 Å². The number of amides is 1. The van der Waals surface area contributed by atoms with Crippen molar-refractivity contribution in [3.8, 4) is 11.1 Å². The van der Waals surface area contributed by atoms with E-state index < -0.39 is 18.1 Å². The van der Waals surface area contributed by atoms with Crippen molar-refractivity contribution in [2.45, 2.75) is 58.9 Å². The highest BCUT2D eigenvalue weighted by molar-refractivity contribution is 6.23. The Balaban J connectivity index is 1.46. The van der Waals surface area contributed by atoms with Crippen LogP contribution in [0.2, 0.25) is 0 Å². The number of ketones is 1. The molecular formula is C31H36N2O6. The van der Waals surface area contributed by atoms with E-state index in [1.54, 1.807) is 0 Å². The molecule has 1 atom stereocenters. The first-order valence-corrected chi connectivity index (χ1v) is 13.3. The van der Waals surface area contributed by atoms with E-state index in [0.717, 1.165) is 22.3 Å². The van der Waals surface area contributed by atoms with Gasteiger partial charge in [0.25, 0.3) is 0 Å². The first-order valence-electron chi connectivity index (χ1n) is 13.3. The predicted octanol–water partition coefficient (Wildman–Crippen LogP) is 5.67. The van der Waals surface area contributed by atoms with Gasteiger partial charge in [0.05, 0.1) is 12.1 Å². The van der Waals surface area contributed by atoms with Gasteiger partial charge >= 0.3 is 12.1 Å². The van der Waals surface area contributed by atoms with Crippen molar-refractivity contribution in [3.63, 3.8) is 0 Å². The number of fused-ring (bicyclic) bond motifs is 3. The van der Waals surface area contributed by atoms with Gasteiger partial charge in [0.1, 0.15) is 18.4 Å². The highest BCUT2D eigenvalue weighted by atomic mass is 16.5. The molecule has 0 saturated heterocycles. The van der Waals surface area contributed by atoms with Crippen molar-refractivity contribution in [2.75, 3.05) is 13.2 Å². The standard InChI is InChI=1S/C31H36N2O6/c1-18(2)13-24(28-26(34)14-31(3,4)15-27(28)35)32-16-25(29(36)37)33-30(38)39-17-23-21-11-7-5-9-19(21)20-10-6-8-12-22(20)23/h5-12,18,23,25,34H,13-17H2,1-4H3,(H,33,38)(H,36,37)/t25-/m0/s1. The number of rotatable bonds is 9. The number of aliphatic imine (C=N–C) groups is 1. The molecule has 2 aromatic carbocycles. The molecule has 2 aliphatic rings. The minimum Gasteiger partial charge on any atom is -0.511 e. The minimum atomic E-state index is -1.36. The molecule has 0 fully saturated rings. The quantitative estimate of drug-likeness (QED) is 0.358. The topological polar surface area (TPSA) is 125 Å². The van der Waals surface area contributed by atoms with Crippen molar-refractivity contribution in [3.05, 3.63) is 71.0 Å². The molecule has 39 heavy (non-hydrogen) atoms. The fraction of sp³-hybridized carbons (Fsp3) is 0.419. The lowest BCUT2D eigenvalue weighted by Gasteiger charge is -2.30. The normalized spacial score (nSPS) is 17.6. The van der Waals surface area contributed by atoms with E-state index in [-0.39, 0.29) is 53.9 Å². The number of aliphatic carboxylic acids is 1. The molecule has 0 unspecified atom stereocenters. The van der Waals surface area contributed by atoms with E-state index in [0.29, 0.717) is 18.6 Å². The smallest absolute Gasteiger partial charge is 0.407 e. The van der Waals surface area contributed by atoms with Gasteiger partial charge in [-0.05, 0) is 40.0 Å². The molecule has 8 heteroatoms. The van der Waals surface area contributed by atoms with Gasteiger partial charge in [0, 0.05) is 24.5 Å². The van der Waals surface area contributed by atoms with E-state index in [9.17, 15) is 24.6 Å². The molecule has 2 aromatic rings. The molecule has 1 amide bonds. The number of hydrogen-bond donors (Lipinski definition) is 3. The highest BCUT2D eigenvalue weighted by Gasteiger charge is 2.35. The van der Waals surface area contributed by atoms with E-state index in [1.165, 1.54) is 0 Å². The number of ether oxygens (including phenoxy) is 1. The van der Waals surface area contributed by atoms with Crippen LogP contribution in [0.3, 0.4) is 0 Å². The molecule has 4 rings (SSSR count). The summed E-state index contributed by atoms with van der Waals surface area (Å²) >= 11 is 0. The third-order valence-electron chi connectivity index (χ3n) is 7.14. The number of Topliss-reactive ketones (excluding diaryl/α,β-unsaturated/α-hetero) is 1. The van der Waals surface area contributed by atoms with E-state index in [4.69, 9.17) is 4.74 Å². The van der Waals surface area contributed by atoms with Crippen LogP contribution < -0.4 is 5.32 Å². The zero-order chi connectivity index (χ0) is 28.3. The Morgan fingerprint density at radius 1 is 1.05 bits per heavy atom. The van der Waals surface area contributed by atoms with Crippen LogP contribution in [0.1, 0.15) is 64.0 Å². The number of carboxylic acids is 1. The summed E-state index contributed by atoms with van der Waals surface area (Å²) in [4.78, 5) is 42.0. The molecule has 0 spiro atoms. The maximum absolute atomic E-state index is 12.9. The Labute approximate surface area is 228 Å². The number of hydrogen-bond acceptors (Lipinski definition) is 6. The number of aliphatic hydroxyl groups is 1. The van der Waals surface area contributed by atoms with E-state index in [1.807, 2.05) is 76.2 Å². The zero-order valence-electron chi connectivity index (χ0n) is 22.9. The first-order chi connectivity index (χ1) is 18.5. The van der Waals surface area contributed by atoms with Gasteiger partial charge in [-0.3, -0.25) is 9.79 Å². The van der Waals surface area contributed by atoms with Gasteiger partial charge in [0.2, 0.25) is 0 Å². The molecule has 8 nitrogen and oxygen atoms in total. The first kappa shape index (κ1) is 28.1. The summed E-state index contributed by atoms with van der Waals surface area (Å²) in [5.41, 5.74) is 4.47. The summed E-state index contributed by atoms with van der Waals surface area (Å²) in [6.45, 7) is 7.49. The van der Waals surface area contributed by atoms with Crippen molar-refractivity contribution in [1.29, 1.82) is 0 Å². The van der Waals surface area contributed by atoms with Gasteiger partial charge in [-0.15, -0.1) is 0 Å². The van der Waals surface area contributed by atoms with Crippen LogP contribution in [-0.2, 0) is 14.3 Å². The second-order valence-corrected chi connectivity index (χ2v) is 11.5. The molecule has 0 radical (unpaired) electrons. The number of nitrogens with zero attached hydrogens (tertiary/aromatic N) is 1. The number of alkyl carbamates (subject to hydrolysis) is 1. The Hall–Kier alpha value is -3.94. The molecule has 0 aromatic heterocycles. The SMILES string of the molecule is CC(C)CC(=NC[C@H](NC(=O)OCC1c2ccccc2-c2ccccc21)C(=O)O)C1=C(O)CC(C)(C)CC1=O. The number of carboxylic acid groups (broad SMARTS) is 1. The van der Waals surface area contributed by atoms with Crippen molar-refractivity contribution >= 4 is 23.6 Å². The largest absolute Gasteiger partial charge is 0.511 e. The molecule has 2 aliphatic carbocycles. The summed E-state index contributed by atoms with van der Waals surface area (Å²) in [6, 6.07) is 14.5. The summed E-state index contributed by atoms with van der Waals surface area (Å²) in [6.07, 6.45) is 0.139. The maximum atomic E-state index is 12.9. The lowest BCUT2D eigenvalue weighted by molar-refractivity contribution is -0.139. The van der Waals surface area contributed by atoms with Crippen LogP contribution in [0, 0.1) is 11.3 Å². The third kappa shape index (κ3) is 6.38. The number of carbonyl (C=O) groups is 3. The Morgan fingerprint density at radius 3 is 2.18 bits per heavy atom. The fourth-order valence-corrected chi connectivity index (χ4v) is 5.42. The van der Waals surface area contributed by atoms with Crippen LogP contribution in [0.15, 0.2) is 64.9 Å². The summed E-state index contributed by atoms with van der Waals surface area (Å²) in [7, 11) is 0. The minimum absolute atomic E-state index is 0.0213. The molecule has 206 valence electrons. The van der Waals surface area contributed by atoms with Crippen LogP contribution in [0.5, 0.6) is 0 Å². The summed E-state index contributed by atoms with van der Waals surface area (Å²) < 4.78 is 5.50. The number of nitrogens with one attached hydrogen (secondary N) is 1. The van der Waals surface area contributed by atoms with Gasteiger partial charge in [0.15, 0.2) is 5.78 Å². The number of carbonyl (C=O) groups excluding carboxylic acids is 2. The van der Waals surface area contributed by atoms with Crippen LogP contribution in [-0.4, -0.2) is 53.0 Å². The molecule has 0 bridgehead atoms. The van der Waals surface area contributed by atoms with Crippen molar-refractivity contribution < 1.29 is 29.3 Å². The fourth-order valence-electron chi connectivity index (χ4n) is 5.42. The average Bonchev–Trinajstić information content (AvgIpc) is 3.17. The predicted molar refractivity (Wildman–Crippen MR) is 149 cm³/mol. The van der Waals surface area contributed by atoms with Crippen LogP contribution in [0.25, 0.3) is 11.1 Å².